The maximum atomic E-state index is 11.8. The average molecular weight is 449 g/mol. The van der Waals surface area contributed by atoms with Gasteiger partial charge in [0.05, 0.1) is 10.5 Å². The third-order valence-corrected chi connectivity index (χ3v) is 5.86. The summed E-state index contributed by atoms with van der Waals surface area (Å²) < 4.78 is 35.2. The molecule has 7 nitrogen and oxygen atoms in total. The standard InChI is InChI=1S/C24H19NO6S/c1-32(28,29)20-13-9-16(10-14-20)22-23(17-5-3-2-4-6-17)31-21(25-22)15-30-19-11-7-18(8-12-19)24(26)27/h2-14H,15H2,1H3,(H,26,27). The number of hydrogen-bond donors (Lipinski definition) is 1. The molecule has 0 aliphatic heterocycles. The van der Waals surface area contributed by atoms with Gasteiger partial charge in [-0.1, -0.05) is 42.5 Å². The third-order valence-electron chi connectivity index (χ3n) is 4.73. The lowest BCUT2D eigenvalue weighted by molar-refractivity contribution is 0.0696. The zero-order valence-corrected chi connectivity index (χ0v) is 17.9. The van der Waals surface area contributed by atoms with Crippen molar-refractivity contribution in [3.05, 3.63) is 90.3 Å². The van der Waals surface area contributed by atoms with E-state index in [2.05, 4.69) is 4.98 Å². The summed E-state index contributed by atoms with van der Waals surface area (Å²) in [4.78, 5) is 15.8. The molecule has 1 aromatic heterocycles. The molecule has 4 aromatic rings. The van der Waals surface area contributed by atoms with Crippen LogP contribution in [0.3, 0.4) is 0 Å². The fraction of sp³-hybridized carbons (Fsp3) is 0.0833. The number of ether oxygens (including phenoxy) is 1. The van der Waals surface area contributed by atoms with Crippen LogP contribution in [0, 0.1) is 0 Å². The number of hydrogen-bond acceptors (Lipinski definition) is 6. The molecule has 0 unspecified atom stereocenters. The quantitative estimate of drug-likeness (QED) is 0.436. The summed E-state index contributed by atoms with van der Waals surface area (Å²) in [5.74, 6) is 0.336. The number of aromatic carboxylic acids is 1. The highest BCUT2D eigenvalue weighted by molar-refractivity contribution is 7.90. The molecule has 0 aliphatic rings. The lowest BCUT2D eigenvalue weighted by Crippen LogP contribution is -1.98. The first kappa shape index (κ1) is 21.3. The molecule has 0 saturated heterocycles. The van der Waals surface area contributed by atoms with E-state index < -0.39 is 15.8 Å². The van der Waals surface area contributed by atoms with Gasteiger partial charge in [-0.05, 0) is 36.4 Å². The van der Waals surface area contributed by atoms with Crippen molar-refractivity contribution < 1.29 is 27.5 Å². The Bertz CT molecular complexity index is 1340. The maximum absolute atomic E-state index is 11.8. The monoisotopic (exact) mass is 449 g/mol. The topological polar surface area (TPSA) is 107 Å². The van der Waals surface area contributed by atoms with Crippen molar-refractivity contribution in [1.29, 1.82) is 0 Å². The van der Waals surface area contributed by atoms with Gasteiger partial charge < -0.3 is 14.3 Å². The summed E-state index contributed by atoms with van der Waals surface area (Å²) in [5, 5.41) is 9.00. The van der Waals surface area contributed by atoms with Crippen molar-refractivity contribution in [2.75, 3.05) is 6.26 Å². The molecule has 32 heavy (non-hydrogen) atoms. The van der Waals surface area contributed by atoms with E-state index in [-0.39, 0.29) is 17.1 Å². The van der Waals surface area contributed by atoms with Crippen molar-refractivity contribution in [2.24, 2.45) is 0 Å². The summed E-state index contributed by atoms with van der Waals surface area (Å²) in [7, 11) is -3.31. The van der Waals surface area contributed by atoms with E-state index in [0.29, 0.717) is 28.7 Å². The Labute approximate surface area is 184 Å². The largest absolute Gasteiger partial charge is 0.484 e. The van der Waals surface area contributed by atoms with E-state index in [1.165, 1.54) is 24.3 Å². The molecule has 0 bridgehead atoms. The number of benzene rings is 3. The van der Waals surface area contributed by atoms with Gasteiger partial charge in [-0.3, -0.25) is 0 Å². The second kappa shape index (κ2) is 8.68. The number of oxazole rings is 1. The highest BCUT2D eigenvalue weighted by atomic mass is 32.2. The minimum Gasteiger partial charge on any atom is -0.484 e. The number of rotatable bonds is 7. The van der Waals surface area contributed by atoms with Gasteiger partial charge in [-0.2, -0.15) is 0 Å². The summed E-state index contributed by atoms with van der Waals surface area (Å²) >= 11 is 0. The van der Waals surface area contributed by atoms with E-state index in [9.17, 15) is 13.2 Å². The molecule has 0 amide bonds. The Morgan fingerprint density at radius 3 is 2.19 bits per heavy atom. The molecule has 0 radical (unpaired) electrons. The van der Waals surface area contributed by atoms with Gasteiger partial charge in [0, 0.05) is 17.4 Å². The summed E-state index contributed by atoms with van der Waals surface area (Å²) in [6.45, 7) is 0.0354. The molecule has 0 aliphatic carbocycles. The van der Waals surface area contributed by atoms with Gasteiger partial charge >= 0.3 is 5.97 Å². The SMILES string of the molecule is CS(=O)(=O)c1ccc(-c2nc(COc3ccc(C(=O)O)cc3)oc2-c2ccccc2)cc1. The number of carboxylic acid groups (broad SMARTS) is 1. The van der Waals surface area contributed by atoms with E-state index in [1.807, 2.05) is 30.3 Å². The van der Waals surface area contributed by atoms with Crippen LogP contribution < -0.4 is 4.74 Å². The molecule has 0 fully saturated rings. The highest BCUT2D eigenvalue weighted by Crippen LogP contribution is 2.33. The van der Waals surface area contributed by atoms with E-state index >= 15 is 0 Å². The minimum absolute atomic E-state index is 0.0354. The van der Waals surface area contributed by atoms with E-state index in [1.54, 1.807) is 24.3 Å². The summed E-state index contributed by atoms with van der Waals surface area (Å²) in [5.41, 5.74) is 2.26. The van der Waals surface area contributed by atoms with Gasteiger partial charge in [0.25, 0.3) is 0 Å². The number of aromatic nitrogens is 1. The predicted molar refractivity (Wildman–Crippen MR) is 118 cm³/mol. The van der Waals surface area contributed by atoms with Crippen molar-refractivity contribution in [3.8, 4) is 28.3 Å². The fourth-order valence-electron chi connectivity index (χ4n) is 3.11. The molecule has 162 valence electrons. The Morgan fingerprint density at radius 2 is 1.59 bits per heavy atom. The van der Waals surface area contributed by atoms with Gasteiger partial charge in [0.1, 0.15) is 11.4 Å². The average Bonchev–Trinajstić information content (AvgIpc) is 3.22. The molecule has 3 aromatic carbocycles. The summed E-state index contributed by atoms with van der Waals surface area (Å²) in [6, 6.07) is 21.9. The van der Waals surface area contributed by atoms with Gasteiger partial charge in [-0.25, -0.2) is 18.2 Å². The molecule has 1 heterocycles. The molecule has 1 N–H and O–H groups in total. The number of nitrogens with zero attached hydrogens (tertiary/aromatic N) is 1. The number of carbonyl (C=O) groups is 1. The van der Waals surface area contributed by atoms with Crippen LogP contribution in [0.2, 0.25) is 0 Å². The number of carboxylic acids is 1. The fourth-order valence-corrected chi connectivity index (χ4v) is 3.74. The second-order valence-corrected chi connectivity index (χ2v) is 9.08. The van der Waals surface area contributed by atoms with Crippen molar-refractivity contribution in [1.82, 2.24) is 4.98 Å². The summed E-state index contributed by atoms with van der Waals surface area (Å²) in [6.07, 6.45) is 1.16. The van der Waals surface area contributed by atoms with Gasteiger partial charge in [0.2, 0.25) is 5.89 Å². The van der Waals surface area contributed by atoms with Crippen LogP contribution in [-0.2, 0) is 16.4 Å². The molecule has 0 atom stereocenters. The Kier molecular flexibility index (Phi) is 5.79. The predicted octanol–water partition coefficient (Wildman–Crippen LogP) is 4.69. The van der Waals surface area contributed by atoms with Crippen molar-refractivity contribution in [3.63, 3.8) is 0 Å². The van der Waals surface area contributed by atoms with Crippen LogP contribution in [0.1, 0.15) is 16.2 Å². The normalized spacial score (nSPS) is 11.3. The van der Waals surface area contributed by atoms with Crippen LogP contribution in [-0.4, -0.2) is 30.7 Å². The smallest absolute Gasteiger partial charge is 0.335 e. The first-order chi connectivity index (χ1) is 15.3. The molecule has 0 saturated carbocycles. The molecule has 0 spiro atoms. The molecule has 4 rings (SSSR count). The van der Waals surface area contributed by atoms with Crippen LogP contribution in [0.5, 0.6) is 5.75 Å². The lowest BCUT2D eigenvalue weighted by Gasteiger charge is -2.03. The van der Waals surface area contributed by atoms with E-state index in [4.69, 9.17) is 14.3 Å². The Morgan fingerprint density at radius 1 is 0.938 bits per heavy atom. The van der Waals surface area contributed by atoms with Crippen LogP contribution in [0.15, 0.2) is 88.2 Å². The zero-order chi connectivity index (χ0) is 22.7. The second-order valence-electron chi connectivity index (χ2n) is 7.07. The maximum Gasteiger partial charge on any atom is 0.335 e. The molecular weight excluding hydrogens is 430 g/mol. The van der Waals surface area contributed by atoms with Crippen LogP contribution in [0.25, 0.3) is 22.6 Å². The van der Waals surface area contributed by atoms with Gasteiger partial charge in [0.15, 0.2) is 22.2 Å². The van der Waals surface area contributed by atoms with Crippen molar-refractivity contribution in [2.45, 2.75) is 11.5 Å². The number of sulfone groups is 1. The Balaban J connectivity index is 1.64. The van der Waals surface area contributed by atoms with Crippen molar-refractivity contribution >= 4 is 15.8 Å². The molecule has 8 heteroatoms. The highest BCUT2D eigenvalue weighted by Gasteiger charge is 2.18. The first-order valence-corrected chi connectivity index (χ1v) is 11.5. The first-order valence-electron chi connectivity index (χ1n) is 9.63. The van der Waals surface area contributed by atoms with Crippen LogP contribution >= 0.6 is 0 Å². The lowest BCUT2D eigenvalue weighted by atomic mass is 10.1. The third kappa shape index (κ3) is 4.70. The van der Waals surface area contributed by atoms with E-state index in [0.717, 1.165) is 11.8 Å². The minimum atomic E-state index is -3.31. The molecular formula is C24H19NO6S. The van der Waals surface area contributed by atoms with Crippen LogP contribution in [0.4, 0.5) is 0 Å². The Hall–Kier alpha value is -3.91. The van der Waals surface area contributed by atoms with Gasteiger partial charge in [-0.15, -0.1) is 0 Å². The zero-order valence-electron chi connectivity index (χ0n) is 17.1.